The first-order valence-electron chi connectivity index (χ1n) is 5.61. The van der Waals surface area contributed by atoms with Crippen molar-refractivity contribution in [2.24, 2.45) is 0 Å². The van der Waals surface area contributed by atoms with Crippen molar-refractivity contribution in [3.05, 3.63) is 28.1 Å². The summed E-state index contributed by atoms with van der Waals surface area (Å²) in [5.74, 6) is -0.665. The minimum absolute atomic E-state index is 0.118. The molecule has 7 heteroatoms. The summed E-state index contributed by atoms with van der Waals surface area (Å²) in [6.45, 7) is 4.46. The molecule has 0 spiro atoms. The molecule has 0 bridgehead atoms. The van der Waals surface area contributed by atoms with Crippen molar-refractivity contribution in [1.82, 2.24) is 0 Å². The monoisotopic (exact) mass is 288 g/mol. The minimum Gasteiger partial charge on any atom is -0.497 e. The Bertz CT molecular complexity index is 480. The molecule has 0 unspecified atom stereocenters. The van der Waals surface area contributed by atoms with Gasteiger partial charge in [-0.2, -0.15) is 16.2 Å². The highest BCUT2D eigenvalue weighted by atomic mass is 32.2. The van der Waals surface area contributed by atoms with Crippen LogP contribution in [0.4, 0.5) is 15.8 Å². The number of methoxy groups -OCH3 is 1. The topological polar surface area (TPSA) is 64.4 Å². The Hall–Kier alpha value is -1.50. The van der Waals surface area contributed by atoms with Gasteiger partial charge in [0.15, 0.2) is 0 Å². The number of nitrogens with zero attached hydrogens (tertiary/aromatic N) is 1. The Kier molecular flexibility index (Phi) is 4.99. The van der Waals surface area contributed by atoms with Gasteiger partial charge in [0.1, 0.15) is 11.4 Å². The molecule has 0 radical (unpaired) electrons. The molecule has 0 aliphatic heterocycles. The van der Waals surface area contributed by atoms with Crippen LogP contribution in [0.3, 0.4) is 0 Å². The Labute approximate surface area is 115 Å². The number of hydrogen-bond acceptors (Lipinski definition) is 5. The van der Waals surface area contributed by atoms with E-state index in [2.05, 4.69) is 5.32 Å². The summed E-state index contributed by atoms with van der Waals surface area (Å²) in [6, 6.07) is 2.43. The first-order valence-corrected chi connectivity index (χ1v) is 6.84. The second-order valence-corrected chi connectivity index (χ2v) is 6.09. The molecular formula is C12H17FN2O3S. The van der Waals surface area contributed by atoms with Crippen LogP contribution in [0.2, 0.25) is 0 Å². The maximum Gasteiger partial charge on any atom is 0.327 e. The molecule has 0 heterocycles. The zero-order valence-electron chi connectivity index (χ0n) is 11.3. The van der Waals surface area contributed by atoms with Crippen LogP contribution in [0.5, 0.6) is 5.75 Å². The van der Waals surface area contributed by atoms with Gasteiger partial charge in [-0.1, -0.05) is 0 Å². The first-order chi connectivity index (χ1) is 8.80. The third-order valence-electron chi connectivity index (χ3n) is 2.71. The number of nitro benzene ring substituents is 1. The Morgan fingerprint density at radius 3 is 2.63 bits per heavy atom. The highest BCUT2D eigenvalue weighted by Gasteiger charge is 2.24. The lowest BCUT2D eigenvalue weighted by atomic mass is 10.2. The van der Waals surface area contributed by atoms with E-state index in [1.165, 1.54) is 13.2 Å². The van der Waals surface area contributed by atoms with Crippen LogP contribution in [0, 0.1) is 15.9 Å². The molecule has 0 saturated carbocycles. The molecule has 19 heavy (non-hydrogen) atoms. The third-order valence-corrected chi connectivity index (χ3v) is 3.96. The number of benzene rings is 1. The molecule has 0 aliphatic rings. The van der Waals surface area contributed by atoms with E-state index in [9.17, 15) is 14.5 Å². The average Bonchev–Trinajstić information content (AvgIpc) is 2.35. The number of thioether (sulfide) groups is 1. The number of nitrogens with one attached hydrogen (secondary N) is 1. The van der Waals surface area contributed by atoms with Crippen molar-refractivity contribution < 1.29 is 14.1 Å². The summed E-state index contributed by atoms with van der Waals surface area (Å²) in [6.07, 6.45) is 1.95. The number of anilines is 1. The van der Waals surface area contributed by atoms with E-state index < -0.39 is 16.4 Å². The molecule has 0 saturated heterocycles. The molecule has 106 valence electrons. The zero-order chi connectivity index (χ0) is 14.6. The second-order valence-electron chi connectivity index (χ2n) is 4.58. The number of rotatable bonds is 6. The van der Waals surface area contributed by atoms with E-state index in [0.29, 0.717) is 6.54 Å². The van der Waals surface area contributed by atoms with E-state index >= 15 is 0 Å². The summed E-state index contributed by atoms with van der Waals surface area (Å²) in [7, 11) is 1.39. The van der Waals surface area contributed by atoms with E-state index in [1.54, 1.807) is 11.8 Å². The largest absolute Gasteiger partial charge is 0.497 e. The molecule has 5 nitrogen and oxygen atoms in total. The quantitative estimate of drug-likeness (QED) is 0.642. The van der Waals surface area contributed by atoms with Crippen molar-refractivity contribution in [2.75, 3.05) is 25.2 Å². The molecule has 0 atom stereocenters. The highest BCUT2D eigenvalue weighted by Crippen LogP contribution is 2.33. The van der Waals surface area contributed by atoms with E-state index in [1.807, 2.05) is 20.1 Å². The molecule has 1 rings (SSSR count). The number of halogens is 1. The van der Waals surface area contributed by atoms with Gasteiger partial charge in [-0.15, -0.1) is 0 Å². The van der Waals surface area contributed by atoms with Gasteiger partial charge in [0.2, 0.25) is 5.82 Å². The maximum atomic E-state index is 13.7. The van der Waals surface area contributed by atoms with E-state index in [-0.39, 0.29) is 16.2 Å². The third kappa shape index (κ3) is 3.99. The summed E-state index contributed by atoms with van der Waals surface area (Å²) in [5.41, 5.74) is -0.429. The van der Waals surface area contributed by atoms with Gasteiger partial charge in [0.05, 0.1) is 12.0 Å². The van der Waals surface area contributed by atoms with Crippen molar-refractivity contribution in [1.29, 1.82) is 0 Å². The summed E-state index contributed by atoms with van der Waals surface area (Å²) >= 11 is 1.62. The van der Waals surface area contributed by atoms with Crippen LogP contribution in [0.1, 0.15) is 13.8 Å². The average molecular weight is 288 g/mol. The van der Waals surface area contributed by atoms with E-state index in [4.69, 9.17) is 4.74 Å². The highest BCUT2D eigenvalue weighted by molar-refractivity contribution is 7.99. The normalized spacial score (nSPS) is 11.2. The van der Waals surface area contributed by atoms with Crippen LogP contribution in [-0.2, 0) is 0 Å². The van der Waals surface area contributed by atoms with Crippen molar-refractivity contribution >= 4 is 23.1 Å². The molecule has 0 aromatic heterocycles. The summed E-state index contributed by atoms with van der Waals surface area (Å²) < 4.78 is 18.5. The first kappa shape index (κ1) is 15.6. The predicted octanol–water partition coefficient (Wildman–Crippen LogP) is 3.30. The molecule has 0 aliphatic carbocycles. The lowest BCUT2D eigenvalue weighted by molar-refractivity contribution is -0.386. The predicted molar refractivity (Wildman–Crippen MR) is 75.7 cm³/mol. The van der Waals surface area contributed by atoms with Crippen molar-refractivity contribution in [3.8, 4) is 5.75 Å². The van der Waals surface area contributed by atoms with Crippen LogP contribution in [-0.4, -0.2) is 29.6 Å². The minimum atomic E-state index is -0.909. The number of hydrogen-bond donors (Lipinski definition) is 1. The summed E-state index contributed by atoms with van der Waals surface area (Å²) in [4.78, 5) is 10.2. The van der Waals surface area contributed by atoms with Gasteiger partial charge in [0, 0.05) is 23.4 Å². The van der Waals surface area contributed by atoms with Gasteiger partial charge in [-0.05, 0) is 20.1 Å². The molecule has 1 N–H and O–H groups in total. The van der Waals surface area contributed by atoms with Crippen LogP contribution in [0.25, 0.3) is 0 Å². The smallest absolute Gasteiger partial charge is 0.327 e. The van der Waals surface area contributed by atoms with Crippen LogP contribution >= 0.6 is 11.8 Å². The molecule has 1 aromatic carbocycles. The van der Waals surface area contributed by atoms with Crippen LogP contribution in [0.15, 0.2) is 12.1 Å². The fourth-order valence-corrected chi connectivity index (χ4v) is 1.61. The Balaban J connectivity index is 3.10. The van der Waals surface area contributed by atoms with E-state index in [0.717, 1.165) is 6.07 Å². The maximum absolute atomic E-state index is 13.7. The van der Waals surface area contributed by atoms with Gasteiger partial charge in [0.25, 0.3) is 0 Å². The lowest BCUT2D eigenvalue weighted by Crippen LogP contribution is -2.26. The summed E-state index contributed by atoms with van der Waals surface area (Å²) in [5, 5.41) is 13.8. The van der Waals surface area contributed by atoms with Gasteiger partial charge >= 0.3 is 5.69 Å². The van der Waals surface area contributed by atoms with Crippen molar-refractivity contribution in [3.63, 3.8) is 0 Å². The lowest BCUT2D eigenvalue weighted by Gasteiger charge is -2.23. The number of nitro groups is 1. The van der Waals surface area contributed by atoms with Crippen molar-refractivity contribution in [2.45, 2.75) is 18.6 Å². The SMILES string of the molecule is COc1cc(F)c([N+](=O)[O-])c(NCC(C)(C)SC)c1. The standard InChI is InChI=1S/C12H17FN2O3S/c1-12(2,19-4)7-14-10-6-8(18-3)5-9(13)11(10)15(16)17/h5-6,14H,7H2,1-4H3. The fourth-order valence-electron chi connectivity index (χ4n) is 1.39. The number of ether oxygens (including phenoxy) is 1. The molecule has 0 fully saturated rings. The van der Waals surface area contributed by atoms with Gasteiger partial charge in [-0.3, -0.25) is 10.1 Å². The van der Waals surface area contributed by atoms with Crippen LogP contribution < -0.4 is 10.1 Å². The van der Waals surface area contributed by atoms with Gasteiger partial charge < -0.3 is 10.1 Å². The zero-order valence-corrected chi connectivity index (χ0v) is 12.1. The molecule has 1 aromatic rings. The fraction of sp³-hybridized carbons (Fsp3) is 0.500. The molecule has 0 amide bonds. The molecular weight excluding hydrogens is 271 g/mol. The van der Waals surface area contributed by atoms with Gasteiger partial charge in [-0.25, -0.2) is 0 Å². The Morgan fingerprint density at radius 2 is 2.16 bits per heavy atom. The second kappa shape index (κ2) is 6.10. The Morgan fingerprint density at radius 1 is 1.53 bits per heavy atom.